The smallest absolute Gasteiger partial charge is 0.221 e. The average Bonchev–Trinajstić information content (AvgIpc) is 3.81. The Morgan fingerprint density at radius 1 is 0.462 bits per heavy atom. The van der Waals surface area contributed by atoms with E-state index in [1.54, 1.807) is 6.08 Å². The van der Waals surface area contributed by atoms with Crippen molar-refractivity contribution in [2.75, 3.05) is 0 Å². The Balaban J connectivity index is 0.000000179. The van der Waals surface area contributed by atoms with E-state index in [1.807, 2.05) is 48.5 Å². The maximum absolute atomic E-state index is 5.60. The van der Waals surface area contributed by atoms with Gasteiger partial charge < -0.3 is 14.5 Å². The molecular formula is C45H35IrN2O2P2+. The summed E-state index contributed by atoms with van der Waals surface area (Å²) in [5, 5.41) is 13.1. The minimum Gasteiger partial charge on any atom is -0.624 e. The largest absolute Gasteiger partial charge is 0.624 e. The Morgan fingerprint density at radius 3 is 1.37 bits per heavy atom. The van der Waals surface area contributed by atoms with Gasteiger partial charge in [-0.2, -0.15) is 0 Å². The molecule has 0 unspecified atom stereocenters. The molecule has 0 bridgehead atoms. The molecule has 7 aromatic carbocycles. The third kappa shape index (κ3) is 8.00. The molecule has 9 rings (SSSR count). The van der Waals surface area contributed by atoms with Crippen LogP contribution in [0.4, 0.5) is 5.69 Å². The number of oxazole rings is 1. The second-order valence-electron chi connectivity index (χ2n) is 11.9. The number of nitrogens with zero attached hydrogens (tertiary/aromatic N) is 2. The summed E-state index contributed by atoms with van der Waals surface area (Å²) in [6.45, 7) is 0. The van der Waals surface area contributed by atoms with Crippen molar-refractivity contribution in [3.63, 3.8) is 0 Å². The fraction of sp³-hybridized carbons (Fsp3) is 0. The fourth-order valence-corrected chi connectivity index (χ4v) is 12.3. The van der Waals surface area contributed by atoms with Gasteiger partial charge >= 0.3 is 0 Å². The number of ether oxygens (including phenoxy) is 1. The molecule has 255 valence electrons. The van der Waals surface area contributed by atoms with Crippen LogP contribution >= 0.6 is 15.8 Å². The van der Waals surface area contributed by atoms with Gasteiger partial charge in [-0.1, -0.05) is 121 Å². The van der Waals surface area contributed by atoms with Gasteiger partial charge in [0.2, 0.25) is 5.89 Å². The van der Waals surface area contributed by atoms with E-state index in [0.29, 0.717) is 11.8 Å². The van der Waals surface area contributed by atoms with Gasteiger partial charge in [-0.25, -0.2) is 4.98 Å². The van der Waals surface area contributed by atoms with Crippen molar-refractivity contribution in [2.24, 2.45) is 0 Å². The number of rotatable bonds is 7. The zero-order valence-corrected chi connectivity index (χ0v) is 32.5. The number of fused-ring (bicyclic) bond motifs is 2. The van der Waals surface area contributed by atoms with Gasteiger partial charge in [0.05, 0.1) is 0 Å². The molecule has 1 radical (unpaired) electrons. The van der Waals surface area contributed by atoms with Crippen molar-refractivity contribution >= 4 is 70.5 Å². The fourth-order valence-electron chi connectivity index (χ4n) is 6.30. The van der Waals surface area contributed by atoms with Gasteiger partial charge in [-0.3, -0.25) is 0 Å². The van der Waals surface area contributed by atoms with Crippen LogP contribution in [-0.4, -0.2) is 4.98 Å². The Hall–Kier alpha value is -5.14. The van der Waals surface area contributed by atoms with E-state index in [-0.39, 0.29) is 20.1 Å². The van der Waals surface area contributed by atoms with Crippen molar-refractivity contribution in [3.05, 3.63) is 211 Å². The minimum absolute atomic E-state index is 0. The minimum atomic E-state index is -1.14. The maximum atomic E-state index is 5.60. The van der Waals surface area contributed by atoms with Gasteiger partial charge in [0.25, 0.3) is 0 Å². The molecule has 7 heteroatoms. The summed E-state index contributed by atoms with van der Waals surface area (Å²) < 4.78 is 11.2. The maximum Gasteiger partial charge on any atom is 0.221 e. The van der Waals surface area contributed by atoms with Crippen LogP contribution in [0, 0.1) is 0 Å². The third-order valence-corrected chi connectivity index (χ3v) is 14.4. The van der Waals surface area contributed by atoms with Crippen LogP contribution < -0.4 is 36.6 Å². The van der Waals surface area contributed by atoms with Gasteiger partial charge in [0.15, 0.2) is 5.58 Å². The van der Waals surface area contributed by atoms with E-state index in [1.165, 1.54) is 31.8 Å². The van der Waals surface area contributed by atoms with Gasteiger partial charge in [-0.15, -0.1) is 0 Å². The predicted molar refractivity (Wildman–Crippen MR) is 219 cm³/mol. The molecule has 0 fully saturated rings. The van der Waals surface area contributed by atoms with Crippen molar-refractivity contribution in [2.45, 2.75) is 0 Å². The van der Waals surface area contributed by atoms with Crippen molar-refractivity contribution in [1.29, 1.82) is 0 Å². The van der Waals surface area contributed by atoms with Crippen LogP contribution in [0.3, 0.4) is 0 Å². The van der Waals surface area contributed by atoms with E-state index in [4.69, 9.17) is 9.15 Å². The van der Waals surface area contributed by atoms with E-state index >= 15 is 0 Å². The van der Waals surface area contributed by atoms with Crippen molar-refractivity contribution < 1.29 is 29.3 Å². The second-order valence-corrected chi connectivity index (χ2v) is 16.8. The number of hydrogen-bond acceptors (Lipinski definition) is 3. The van der Waals surface area contributed by atoms with Crippen molar-refractivity contribution in [1.82, 2.24) is 4.98 Å². The molecule has 1 aliphatic heterocycles. The molecule has 2 heterocycles. The van der Waals surface area contributed by atoms with Crippen molar-refractivity contribution in [3.8, 4) is 5.75 Å². The number of benzene rings is 7. The van der Waals surface area contributed by atoms with Crippen LogP contribution in [0.5, 0.6) is 5.75 Å². The third-order valence-electron chi connectivity index (χ3n) is 8.58. The molecule has 0 saturated heterocycles. The molecule has 0 atom stereocenters. The monoisotopic (exact) mass is 890 g/mol. The number of para-hydroxylation sites is 4. The van der Waals surface area contributed by atoms with E-state index in [9.17, 15) is 0 Å². The Labute approximate surface area is 320 Å². The normalized spacial score (nSPS) is 12.4. The first kappa shape index (κ1) is 35.3. The summed E-state index contributed by atoms with van der Waals surface area (Å²) in [5.74, 6) is 1.74. The van der Waals surface area contributed by atoms with Crippen LogP contribution in [0.2, 0.25) is 0 Å². The summed E-state index contributed by atoms with van der Waals surface area (Å²) in [7, 11) is -2.28. The van der Waals surface area contributed by atoms with E-state index < -0.39 is 15.8 Å². The Kier molecular flexibility index (Phi) is 11.5. The quantitative estimate of drug-likeness (QED) is 0.150. The van der Waals surface area contributed by atoms with Crippen LogP contribution in [0.1, 0.15) is 5.89 Å². The first-order chi connectivity index (χ1) is 25.3. The van der Waals surface area contributed by atoms with Gasteiger partial charge in [-0.05, 0) is 78.9 Å². The summed E-state index contributed by atoms with van der Waals surface area (Å²) >= 11 is 0. The summed E-state index contributed by atoms with van der Waals surface area (Å²) in [6, 6.07) is 68.7. The molecule has 1 aromatic heterocycles. The first-order valence-electron chi connectivity index (χ1n) is 16.9. The predicted octanol–water partition coefficient (Wildman–Crippen LogP) is 8.89. The first-order valence-corrected chi connectivity index (χ1v) is 19.9. The molecule has 52 heavy (non-hydrogen) atoms. The summed E-state index contributed by atoms with van der Waals surface area (Å²) in [4.78, 5) is 4.36. The second kappa shape index (κ2) is 16.9. The standard InChI is InChI=1S/C30H24P2.C15H9N2O2.Ir/c1-5-15-25(16-6-1)31(26-17-7-2-8-18-26)29-23-13-14-24-30(29)32(27-19-9-3-10-20-27)28-21-11-4-12-22-28;1-3-7-12-10(5-1)16-14(18-12)9-15-17-11-6-2-4-8-13(11)19-15;/h1-24H;1-9H;/q;-1;/p+2/b;14-9+;. The van der Waals surface area contributed by atoms with Gasteiger partial charge in [0, 0.05) is 32.1 Å². The molecular weight excluding hydrogens is 855 g/mol. The molecule has 0 spiro atoms. The molecule has 1 aliphatic rings. The van der Waals surface area contributed by atoms with E-state index in [2.05, 4.69) is 156 Å². The van der Waals surface area contributed by atoms with Gasteiger partial charge in [0.1, 0.15) is 58.9 Å². The Morgan fingerprint density at radius 2 is 0.885 bits per heavy atom. The Bertz CT molecular complexity index is 2150. The van der Waals surface area contributed by atoms with E-state index in [0.717, 1.165) is 22.5 Å². The molecule has 8 aromatic rings. The summed E-state index contributed by atoms with van der Waals surface area (Å²) in [5.41, 5.74) is 2.40. The molecule has 0 aliphatic carbocycles. The topological polar surface area (TPSA) is 49.4 Å². The molecule has 4 nitrogen and oxygen atoms in total. The SMILES string of the molecule is C(=C1/[N-]c2ccccc2O1)/c1nc2ccccc2o1.[Ir].c1ccc([PH+](c2ccccc2)c2ccccc2[PH+](c2ccccc2)c2ccccc2)cc1. The number of aromatic nitrogens is 1. The summed E-state index contributed by atoms with van der Waals surface area (Å²) in [6.07, 6.45) is 1.69. The average molecular weight is 890 g/mol. The van der Waals surface area contributed by atoms with Crippen LogP contribution in [0.15, 0.2) is 204 Å². The molecule has 0 N–H and O–H groups in total. The molecule has 0 amide bonds. The zero-order chi connectivity index (χ0) is 34.2. The zero-order valence-electron chi connectivity index (χ0n) is 28.1. The van der Waals surface area contributed by atoms with Crippen LogP contribution in [-0.2, 0) is 20.1 Å². The molecule has 0 saturated carbocycles. The van der Waals surface area contributed by atoms with Crippen LogP contribution in [0.25, 0.3) is 22.5 Å². The number of hydrogen-bond donors (Lipinski definition) is 0.